The molecule has 0 saturated carbocycles. The molecule has 29 heavy (non-hydrogen) atoms. The number of hydrogen-bond acceptors (Lipinski definition) is 5. The van der Waals surface area contributed by atoms with E-state index in [9.17, 15) is 9.59 Å². The van der Waals surface area contributed by atoms with E-state index < -0.39 is 17.2 Å². The van der Waals surface area contributed by atoms with Gasteiger partial charge >= 0.3 is 5.97 Å². The topological polar surface area (TPSA) is 63.9 Å². The van der Waals surface area contributed by atoms with Crippen LogP contribution in [0.15, 0.2) is 65.7 Å². The number of esters is 1. The van der Waals surface area contributed by atoms with Gasteiger partial charge in [0.05, 0.1) is 0 Å². The Hall–Kier alpha value is -3.06. The van der Waals surface area contributed by atoms with E-state index in [0.717, 1.165) is 5.56 Å². The van der Waals surface area contributed by atoms with E-state index in [1.165, 1.54) is 16.8 Å². The second-order valence-corrected chi connectivity index (χ2v) is 7.44. The zero-order valence-electron chi connectivity index (χ0n) is 16.1. The van der Waals surface area contributed by atoms with Gasteiger partial charge in [0.15, 0.2) is 5.67 Å². The number of benzene rings is 1. The van der Waals surface area contributed by atoms with Crippen LogP contribution in [0.25, 0.3) is 5.65 Å². The van der Waals surface area contributed by atoms with Crippen molar-refractivity contribution in [1.82, 2.24) is 14.3 Å². The van der Waals surface area contributed by atoms with Crippen LogP contribution >= 0.6 is 0 Å². The number of ether oxygens (including phenoxy) is 1. The predicted molar refractivity (Wildman–Crippen MR) is 107 cm³/mol. The standard InChI is InChI=1S/C22H22FN3O3/c1-16(17-7-3-2-4-8-17)25-12-10-22(23,14-25)15-29-21(28)18-13-24-19-9-5-6-11-26(19)20(18)27/h2-9,11,13,16H,10,12,14-15H2,1H3/t16-,22-/m1/s1. The van der Waals surface area contributed by atoms with E-state index in [2.05, 4.69) is 4.98 Å². The first-order valence-corrected chi connectivity index (χ1v) is 9.58. The lowest BCUT2D eigenvalue weighted by atomic mass is 10.1. The van der Waals surface area contributed by atoms with Crippen molar-refractivity contribution < 1.29 is 13.9 Å². The third kappa shape index (κ3) is 3.91. The summed E-state index contributed by atoms with van der Waals surface area (Å²) in [7, 11) is 0. The van der Waals surface area contributed by atoms with Gasteiger partial charge in [0.25, 0.3) is 5.56 Å². The third-order valence-electron chi connectivity index (χ3n) is 5.46. The summed E-state index contributed by atoms with van der Waals surface area (Å²) in [5, 5.41) is 0. The first kappa shape index (κ1) is 19.3. The van der Waals surface area contributed by atoms with Gasteiger partial charge in [-0.25, -0.2) is 14.2 Å². The van der Waals surface area contributed by atoms with Gasteiger partial charge in [-0.05, 0) is 31.0 Å². The smallest absolute Gasteiger partial charge is 0.345 e. The first-order valence-electron chi connectivity index (χ1n) is 9.58. The summed E-state index contributed by atoms with van der Waals surface area (Å²) in [6, 6.07) is 15.0. The van der Waals surface area contributed by atoms with E-state index >= 15 is 4.39 Å². The van der Waals surface area contributed by atoms with Crippen molar-refractivity contribution in [2.75, 3.05) is 19.7 Å². The predicted octanol–water partition coefficient (Wildman–Crippen LogP) is 3.03. The quantitative estimate of drug-likeness (QED) is 0.622. The Bertz CT molecular complexity index is 1090. The van der Waals surface area contributed by atoms with Crippen molar-refractivity contribution in [2.24, 2.45) is 0 Å². The summed E-state index contributed by atoms with van der Waals surface area (Å²) in [5.74, 6) is -0.854. The number of likely N-dealkylation sites (tertiary alicyclic amines) is 1. The molecule has 1 aliphatic heterocycles. The summed E-state index contributed by atoms with van der Waals surface area (Å²) in [6.45, 7) is 2.39. The second kappa shape index (κ2) is 7.75. The molecule has 3 aromatic rings. The van der Waals surface area contributed by atoms with Gasteiger partial charge < -0.3 is 4.74 Å². The summed E-state index contributed by atoms with van der Waals surface area (Å²) < 4.78 is 21.7. The Morgan fingerprint density at radius 1 is 1.24 bits per heavy atom. The van der Waals surface area contributed by atoms with E-state index in [0.29, 0.717) is 12.2 Å². The Labute approximate surface area is 167 Å². The van der Waals surface area contributed by atoms with Gasteiger partial charge in [-0.3, -0.25) is 14.1 Å². The van der Waals surface area contributed by atoms with Gasteiger partial charge in [0.1, 0.15) is 17.8 Å². The maximum atomic E-state index is 15.3. The highest BCUT2D eigenvalue weighted by Gasteiger charge is 2.41. The van der Waals surface area contributed by atoms with Crippen LogP contribution in [0.3, 0.4) is 0 Å². The van der Waals surface area contributed by atoms with Crippen LogP contribution in [0.4, 0.5) is 4.39 Å². The number of carbonyl (C=O) groups excluding carboxylic acids is 1. The van der Waals surface area contributed by atoms with Crippen molar-refractivity contribution in [3.63, 3.8) is 0 Å². The fourth-order valence-corrected chi connectivity index (χ4v) is 3.70. The molecule has 1 aliphatic rings. The molecule has 0 spiro atoms. The van der Waals surface area contributed by atoms with Crippen LogP contribution in [-0.4, -0.2) is 45.6 Å². The number of carbonyl (C=O) groups is 1. The summed E-state index contributed by atoms with van der Waals surface area (Å²) in [5.41, 5.74) is -0.829. The van der Waals surface area contributed by atoms with Crippen molar-refractivity contribution >= 4 is 11.6 Å². The summed E-state index contributed by atoms with van der Waals surface area (Å²) >= 11 is 0. The number of nitrogens with zero attached hydrogens (tertiary/aromatic N) is 3. The SMILES string of the molecule is C[C@H](c1ccccc1)N1CC[C@](F)(COC(=O)c2cnc3ccccn3c2=O)C1. The van der Waals surface area contributed by atoms with Gasteiger partial charge in [0.2, 0.25) is 0 Å². The Morgan fingerprint density at radius 3 is 2.79 bits per heavy atom. The normalized spacial score (nSPS) is 20.6. The van der Waals surface area contributed by atoms with Crippen LogP contribution in [0.1, 0.15) is 35.3 Å². The van der Waals surface area contributed by atoms with Crippen molar-refractivity contribution in [2.45, 2.75) is 25.1 Å². The van der Waals surface area contributed by atoms with Crippen molar-refractivity contribution in [3.8, 4) is 0 Å². The Kier molecular flexibility index (Phi) is 5.15. The molecule has 0 bridgehead atoms. The molecule has 0 aliphatic carbocycles. The van der Waals surface area contributed by atoms with Crippen LogP contribution in [0.5, 0.6) is 0 Å². The van der Waals surface area contributed by atoms with Crippen LogP contribution in [0.2, 0.25) is 0 Å². The van der Waals surface area contributed by atoms with Crippen LogP contribution in [0, 0.1) is 0 Å². The lowest BCUT2D eigenvalue weighted by Gasteiger charge is -2.26. The van der Waals surface area contributed by atoms with Crippen molar-refractivity contribution in [1.29, 1.82) is 0 Å². The molecule has 0 unspecified atom stereocenters. The maximum absolute atomic E-state index is 15.3. The molecule has 2 atom stereocenters. The molecule has 4 rings (SSSR count). The highest BCUT2D eigenvalue weighted by Crippen LogP contribution is 2.32. The molecular weight excluding hydrogens is 373 g/mol. The molecule has 0 radical (unpaired) electrons. The second-order valence-electron chi connectivity index (χ2n) is 7.44. The highest BCUT2D eigenvalue weighted by atomic mass is 19.1. The van der Waals surface area contributed by atoms with Crippen LogP contribution in [-0.2, 0) is 4.74 Å². The van der Waals surface area contributed by atoms with E-state index in [-0.39, 0.29) is 31.2 Å². The lowest BCUT2D eigenvalue weighted by Crippen LogP contribution is -2.36. The van der Waals surface area contributed by atoms with Crippen LogP contribution < -0.4 is 5.56 Å². The zero-order chi connectivity index (χ0) is 20.4. The molecule has 7 heteroatoms. The van der Waals surface area contributed by atoms with Gasteiger partial charge in [-0.2, -0.15) is 0 Å². The monoisotopic (exact) mass is 395 g/mol. The zero-order valence-corrected chi connectivity index (χ0v) is 16.1. The molecule has 1 saturated heterocycles. The number of rotatable bonds is 5. The number of pyridine rings is 1. The van der Waals surface area contributed by atoms with E-state index in [4.69, 9.17) is 4.74 Å². The molecule has 150 valence electrons. The van der Waals surface area contributed by atoms with Crippen molar-refractivity contribution in [3.05, 3.63) is 82.4 Å². The number of halogens is 1. The first-order chi connectivity index (χ1) is 14.0. The largest absolute Gasteiger partial charge is 0.458 e. The molecule has 2 aromatic heterocycles. The number of hydrogen-bond donors (Lipinski definition) is 0. The average Bonchev–Trinajstić information content (AvgIpc) is 3.15. The van der Waals surface area contributed by atoms with E-state index in [1.807, 2.05) is 42.2 Å². The maximum Gasteiger partial charge on any atom is 0.345 e. The minimum absolute atomic E-state index is 0.0684. The third-order valence-corrected chi connectivity index (χ3v) is 5.46. The molecular formula is C22H22FN3O3. The minimum atomic E-state index is -1.64. The van der Waals surface area contributed by atoms with Gasteiger partial charge in [-0.1, -0.05) is 36.4 Å². The summed E-state index contributed by atoms with van der Waals surface area (Å²) in [6.07, 6.45) is 2.98. The molecule has 3 heterocycles. The Balaban J connectivity index is 1.42. The van der Waals surface area contributed by atoms with Gasteiger partial charge in [0, 0.05) is 31.5 Å². The number of fused-ring (bicyclic) bond motifs is 1. The fourth-order valence-electron chi connectivity index (χ4n) is 3.70. The fraction of sp³-hybridized carbons (Fsp3) is 0.318. The highest BCUT2D eigenvalue weighted by molar-refractivity contribution is 5.88. The molecule has 1 fully saturated rings. The molecule has 0 amide bonds. The number of alkyl halides is 1. The minimum Gasteiger partial charge on any atom is -0.458 e. The summed E-state index contributed by atoms with van der Waals surface area (Å²) in [4.78, 5) is 31.0. The molecule has 1 aromatic carbocycles. The molecule has 0 N–H and O–H groups in total. The lowest BCUT2D eigenvalue weighted by molar-refractivity contribution is 0.0161. The van der Waals surface area contributed by atoms with E-state index in [1.54, 1.807) is 18.2 Å². The number of aromatic nitrogens is 2. The molecule has 6 nitrogen and oxygen atoms in total. The Morgan fingerprint density at radius 2 is 2.00 bits per heavy atom. The van der Waals surface area contributed by atoms with Gasteiger partial charge in [-0.15, -0.1) is 0 Å². The average molecular weight is 395 g/mol.